The number of hydrogen-bond donors (Lipinski definition) is 1. The van der Waals surface area contributed by atoms with Crippen molar-refractivity contribution >= 4 is 5.97 Å². The summed E-state index contributed by atoms with van der Waals surface area (Å²) in [4.78, 5) is 10.4. The Hall–Kier alpha value is -1.35. The molecule has 0 spiro atoms. The molecule has 2 rings (SSSR count). The van der Waals surface area contributed by atoms with Crippen LogP contribution in [0.1, 0.15) is 6.42 Å². The molecule has 0 fully saturated rings. The predicted molar refractivity (Wildman–Crippen MR) is 47.3 cm³/mol. The molecule has 1 atom stereocenters. The van der Waals surface area contributed by atoms with E-state index in [0.717, 1.165) is 11.1 Å². The molecule has 2 aliphatic rings. The van der Waals surface area contributed by atoms with Crippen LogP contribution in [0.4, 0.5) is 0 Å². The Kier molecular flexibility index (Phi) is 2.02. The van der Waals surface area contributed by atoms with Gasteiger partial charge in [0.05, 0.1) is 19.1 Å². The highest BCUT2D eigenvalue weighted by molar-refractivity contribution is 5.68. The molecule has 1 unspecified atom stereocenters. The normalized spacial score (nSPS) is 25.1. The fourth-order valence-electron chi connectivity index (χ4n) is 1.50. The maximum atomic E-state index is 10.4. The number of allylic oxidation sites excluding steroid dienone is 3. The molecule has 0 saturated carbocycles. The van der Waals surface area contributed by atoms with Gasteiger partial charge in [0, 0.05) is 0 Å². The molecule has 68 valence electrons. The van der Waals surface area contributed by atoms with Gasteiger partial charge >= 0.3 is 5.97 Å². The Morgan fingerprint density at radius 1 is 1.69 bits per heavy atom. The number of carbonyl (C=O) groups is 1. The van der Waals surface area contributed by atoms with Gasteiger partial charge in [-0.2, -0.15) is 0 Å². The molecule has 13 heavy (non-hydrogen) atoms. The third kappa shape index (κ3) is 1.70. The van der Waals surface area contributed by atoms with Crippen LogP contribution in [-0.2, 0) is 9.53 Å². The molecular formula is C10H10O3. The highest BCUT2D eigenvalue weighted by Crippen LogP contribution is 2.25. The molecule has 1 aliphatic carbocycles. The van der Waals surface area contributed by atoms with Crippen molar-refractivity contribution in [1.82, 2.24) is 0 Å². The molecule has 1 N–H and O–H groups in total. The molecule has 1 aliphatic heterocycles. The number of rotatable bonds is 2. The van der Waals surface area contributed by atoms with Crippen molar-refractivity contribution in [2.75, 3.05) is 6.61 Å². The lowest BCUT2D eigenvalue weighted by Gasteiger charge is -2.19. The number of hydrogen-bond acceptors (Lipinski definition) is 2. The maximum absolute atomic E-state index is 10.4. The molecule has 0 aromatic rings. The van der Waals surface area contributed by atoms with Gasteiger partial charge in [-0.15, -0.1) is 0 Å². The molecule has 0 saturated heterocycles. The molecule has 3 heteroatoms. The third-order valence-electron chi connectivity index (χ3n) is 2.14. The van der Waals surface area contributed by atoms with Crippen molar-refractivity contribution < 1.29 is 14.6 Å². The molecular weight excluding hydrogens is 168 g/mol. The first-order valence-corrected chi connectivity index (χ1v) is 4.18. The van der Waals surface area contributed by atoms with E-state index in [-0.39, 0.29) is 12.5 Å². The molecule has 0 radical (unpaired) electrons. The van der Waals surface area contributed by atoms with Gasteiger partial charge < -0.3 is 9.84 Å². The van der Waals surface area contributed by atoms with Crippen molar-refractivity contribution in [3.63, 3.8) is 0 Å². The summed E-state index contributed by atoms with van der Waals surface area (Å²) in [6, 6.07) is 0. The van der Waals surface area contributed by atoms with E-state index in [0.29, 0.717) is 6.61 Å². The van der Waals surface area contributed by atoms with Crippen LogP contribution >= 0.6 is 0 Å². The largest absolute Gasteiger partial charge is 0.481 e. The van der Waals surface area contributed by atoms with Crippen LogP contribution in [0.15, 0.2) is 35.5 Å². The van der Waals surface area contributed by atoms with Crippen LogP contribution in [0.3, 0.4) is 0 Å². The molecule has 0 bridgehead atoms. The van der Waals surface area contributed by atoms with E-state index >= 15 is 0 Å². The second-order valence-corrected chi connectivity index (χ2v) is 3.12. The van der Waals surface area contributed by atoms with Crippen LogP contribution in [0, 0.1) is 0 Å². The van der Waals surface area contributed by atoms with Crippen LogP contribution in [0.2, 0.25) is 0 Å². The Morgan fingerprint density at radius 2 is 2.54 bits per heavy atom. The van der Waals surface area contributed by atoms with E-state index in [1.54, 1.807) is 0 Å². The lowest BCUT2D eigenvalue weighted by Crippen LogP contribution is -2.21. The zero-order chi connectivity index (χ0) is 9.26. The fourth-order valence-corrected chi connectivity index (χ4v) is 1.50. The van der Waals surface area contributed by atoms with Gasteiger partial charge in [-0.1, -0.05) is 18.2 Å². The minimum absolute atomic E-state index is 0.0463. The topological polar surface area (TPSA) is 46.5 Å². The second kappa shape index (κ2) is 3.18. The average Bonchev–Trinajstić information content (AvgIpc) is 2.49. The minimum atomic E-state index is -0.823. The van der Waals surface area contributed by atoms with E-state index in [1.807, 2.05) is 24.3 Å². The average molecular weight is 178 g/mol. The number of fused-ring (bicyclic) bond motifs is 1. The summed E-state index contributed by atoms with van der Waals surface area (Å²) in [7, 11) is 0. The van der Waals surface area contributed by atoms with Crippen molar-refractivity contribution in [3.05, 3.63) is 35.5 Å². The summed E-state index contributed by atoms with van der Waals surface area (Å²) in [6.07, 6.45) is 7.56. The highest BCUT2D eigenvalue weighted by Gasteiger charge is 2.20. The predicted octanol–water partition coefficient (Wildman–Crippen LogP) is 1.28. The van der Waals surface area contributed by atoms with Crippen LogP contribution < -0.4 is 0 Å². The van der Waals surface area contributed by atoms with Gasteiger partial charge in [-0.25, -0.2) is 0 Å². The Morgan fingerprint density at radius 3 is 3.31 bits per heavy atom. The smallest absolute Gasteiger partial charge is 0.306 e. The summed E-state index contributed by atoms with van der Waals surface area (Å²) >= 11 is 0. The zero-order valence-electron chi connectivity index (χ0n) is 7.06. The standard InChI is InChI=1S/C10H10O3/c11-10(12)5-9-4-7-2-1-3-8(7)6-13-9/h1-4,9H,5-6H2,(H,11,12). The first kappa shape index (κ1) is 8.26. The lowest BCUT2D eigenvalue weighted by molar-refractivity contribution is -0.139. The van der Waals surface area contributed by atoms with Gasteiger partial charge in [0.25, 0.3) is 0 Å². The molecule has 1 heterocycles. The van der Waals surface area contributed by atoms with Crippen LogP contribution in [0.25, 0.3) is 0 Å². The summed E-state index contributed by atoms with van der Waals surface area (Å²) < 4.78 is 5.34. The molecule has 3 nitrogen and oxygen atoms in total. The Labute approximate surface area is 76.0 Å². The summed E-state index contributed by atoms with van der Waals surface area (Å²) in [5.41, 5.74) is 2.25. The number of carboxylic acid groups (broad SMARTS) is 1. The summed E-state index contributed by atoms with van der Waals surface area (Å²) in [5, 5.41) is 8.56. The first-order chi connectivity index (χ1) is 6.25. The van der Waals surface area contributed by atoms with E-state index in [2.05, 4.69) is 0 Å². The quantitative estimate of drug-likeness (QED) is 0.692. The van der Waals surface area contributed by atoms with Crippen LogP contribution in [-0.4, -0.2) is 23.8 Å². The number of carboxylic acids is 1. The SMILES string of the molecule is O=C(O)CC1C=C2C=CC=C2CO1. The van der Waals surface area contributed by atoms with E-state index in [1.165, 1.54) is 0 Å². The zero-order valence-corrected chi connectivity index (χ0v) is 7.06. The van der Waals surface area contributed by atoms with Crippen molar-refractivity contribution in [2.45, 2.75) is 12.5 Å². The minimum Gasteiger partial charge on any atom is -0.481 e. The van der Waals surface area contributed by atoms with E-state index < -0.39 is 5.97 Å². The monoisotopic (exact) mass is 178 g/mol. The number of ether oxygens (including phenoxy) is 1. The molecule has 0 aromatic carbocycles. The Bertz CT molecular complexity index is 323. The van der Waals surface area contributed by atoms with Crippen molar-refractivity contribution in [3.8, 4) is 0 Å². The van der Waals surface area contributed by atoms with Gasteiger partial charge in [-0.3, -0.25) is 4.79 Å². The molecule has 0 aromatic heterocycles. The Balaban J connectivity index is 2.11. The second-order valence-electron chi connectivity index (χ2n) is 3.12. The van der Waals surface area contributed by atoms with E-state index in [9.17, 15) is 4.79 Å². The number of aliphatic carboxylic acids is 1. The van der Waals surface area contributed by atoms with Gasteiger partial charge in [-0.05, 0) is 17.2 Å². The van der Waals surface area contributed by atoms with Gasteiger partial charge in [0.2, 0.25) is 0 Å². The summed E-state index contributed by atoms with van der Waals surface area (Å²) in [6.45, 7) is 0.525. The molecule has 0 amide bonds. The maximum Gasteiger partial charge on any atom is 0.306 e. The first-order valence-electron chi connectivity index (χ1n) is 4.18. The van der Waals surface area contributed by atoms with Gasteiger partial charge in [0.15, 0.2) is 0 Å². The van der Waals surface area contributed by atoms with Gasteiger partial charge in [0.1, 0.15) is 0 Å². The third-order valence-corrected chi connectivity index (χ3v) is 2.14. The highest BCUT2D eigenvalue weighted by atomic mass is 16.5. The fraction of sp³-hybridized carbons (Fsp3) is 0.300. The van der Waals surface area contributed by atoms with E-state index in [4.69, 9.17) is 9.84 Å². The summed E-state index contributed by atoms with van der Waals surface area (Å²) in [5.74, 6) is -0.823. The van der Waals surface area contributed by atoms with Crippen molar-refractivity contribution in [2.24, 2.45) is 0 Å². The van der Waals surface area contributed by atoms with Crippen LogP contribution in [0.5, 0.6) is 0 Å². The lowest BCUT2D eigenvalue weighted by atomic mass is 10.0. The van der Waals surface area contributed by atoms with Crippen molar-refractivity contribution in [1.29, 1.82) is 0 Å².